The Bertz CT molecular complexity index is 617. The van der Waals surface area contributed by atoms with Crippen LogP contribution in [0.1, 0.15) is 5.56 Å². The summed E-state index contributed by atoms with van der Waals surface area (Å²) in [5.41, 5.74) is 3.84. The summed E-state index contributed by atoms with van der Waals surface area (Å²) in [6.07, 6.45) is -4.60. The predicted molar refractivity (Wildman–Crippen MR) is 65.5 cm³/mol. The second-order valence-corrected chi connectivity index (χ2v) is 4.08. The van der Waals surface area contributed by atoms with Crippen LogP contribution in [0.4, 0.5) is 39.0 Å². The summed E-state index contributed by atoms with van der Waals surface area (Å²) in [7, 11) is 0. The van der Waals surface area contributed by atoms with Gasteiger partial charge in [-0.2, -0.15) is 13.2 Å². The first-order valence-corrected chi connectivity index (χ1v) is 5.45. The summed E-state index contributed by atoms with van der Waals surface area (Å²) in [5.74, 6) is -1.67. The Balaban J connectivity index is 2.35. The summed E-state index contributed by atoms with van der Waals surface area (Å²) < 4.78 is 64.0. The number of anilines is 3. The molecule has 0 unspecified atom stereocenters. The van der Waals surface area contributed by atoms with Crippen LogP contribution in [-0.2, 0) is 6.18 Å². The van der Waals surface area contributed by atoms with Crippen LogP contribution in [0, 0.1) is 11.6 Å². The van der Waals surface area contributed by atoms with Crippen LogP contribution >= 0.6 is 0 Å². The van der Waals surface area contributed by atoms with E-state index in [1.54, 1.807) is 0 Å². The molecule has 0 fully saturated rings. The van der Waals surface area contributed by atoms with Gasteiger partial charge in [-0.1, -0.05) is 0 Å². The molecule has 0 spiro atoms. The second-order valence-electron chi connectivity index (χ2n) is 4.08. The molecule has 2 aromatic carbocycles. The van der Waals surface area contributed by atoms with E-state index in [1.807, 2.05) is 0 Å². The Morgan fingerprint density at radius 2 is 1.45 bits per heavy atom. The van der Waals surface area contributed by atoms with E-state index in [0.717, 1.165) is 24.3 Å². The number of benzene rings is 2. The molecule has 0 heterocycles. The molecule has 3 N–H and O–H groups in total. The predicted octanol–water partition coefficient (Wildman–Crippen LogP) is 4.31. The first-order chi connectivity index (χ1) is 9.25. The topological polar surface area (TPSA) is 38.0 Å². The zero-order valence-corrected chi connectivity index (χ0v) is 9.93. The van der Waals surface area contributed by atoms with Gasteiger partial charge in [-0.3, -0.25) is 0 Å². The molecular weight excluding hydrogens is 279 g/mol. The number of hydrogen-bond acceptors (Lipinski definition) is 2. The lowest BCUT2D eigenvalue weighted by Crippen LogP contribution is -2.09. The standard InChI is InChI=1S/C13H9F5N2/c14-7-3-8(15)5-10(4-7)20-9-1-2-12(19)11(6-9)13(16,17)18/h1-6,20H,19H2. The molecule has 0 amide bonds. The highest BCUT2D eigenvalue weighted by molar-refractivity contribution is 5.65. The minimum Gasteiger partial charge on any atom is -0.398 e. The molecule has 2 rings (SSSR count). The SMILES string of the molecule is Nc1ccc(Nc2cc(F)cc(F)c2)cc1C(F)(F)F. The molecule has 106 valence electrons. The summed E-state index contributed by atoms with van der Waals surface area (Å²) in [6, 6.07) is 5.72. The van der Waals surface area contributed by atoms with Gasteiger partial charge in [-0.25, -0.2) is 8.78 Å². The van der Waals surface area contributed by atoms with Crippen molar-refractivity contribution in [3.63, 3.8) is 0 Å². The summed E-state index contributed by atoms with van der Waals surface area (Å²) in [5, 5.41) is 2.49. The maximum atomic E-state index is 13.0. The van der Waals surface area contributed by atoms with Crippen molar-refractivity contribution in [3.8, 4) is 0 Å². The van der Waals surface area contributed by atoms with Gasteiger partial charge in [0.25, 0.3) is 0 Å². The molecule has 0 radical (unpaired) electrons. The fourth-order valence-electron chi connectivity index (χ4n) is 1.67. The highest BCUT2D eigenvalue weighted by Gasteiger charge is 2.33. The van der Waals surface area contributed by atoms with Gasteiger partial charge in [0, 0.05) is 23.1 Å². The Morgan fingerprint density at radius 1 is 0.850 bits per heavy atom. The number of rotatable bonds is 2. The molecule has 0 aliphatic rings. The molecule has 0 bridgehead atoms. The van der Waals surface area contributed by atoms with Gasteiger partial charge >= 0.3 is 6.18 Å². The fraction of sp³-hybridized carbons (Fsp3) is 0.0769. The lowest BCUT2D eigenvalue weighted by molar-refractivity contribution is -0.136. The number of hydrogen-bond donors (Lipinski definition) is 2. The molecule has 0 atom stereocenters. The van der Waals surface area contributed by atoms with E-state index in [2.05, 4.69) is 5.32 Å². The molecule has 0 aromatic heterocycles. The van der Waals surface area contributed by atoms with E-state index in [-0.39, 0.29) is 11.4 Å². The molecule has 2 nitrogen and oxygen atoms in total. The van der Waals surface area contributed by atoms with Crippen LogP contribution < -0.4 is 11.1 Å². The van der Waals surface area contributed by atoms with Gasteiger partial charge in [0.05, 0.1) is 5.56 Å². The van der Waals surface area contributed by atoms with Gasteiger partial charge in [0.1, 0.15) is 11.6 Å². The van der Waals surface area contributed by atoms with Crippen molar-refractivity contribution in [3.05, 3.63) is 53.6 Å². The Kier molecular flexibility index (Phi) is 3.52. The van der Waals surface area contributed by atoms with Gasteiger partial charge in [0.2, 0.25) is 0 Å². The quantitative estimate of drug-likeness (QED) is 0.638. The first kappa shape index (κ1) is 14.1. The number of halogens is 5. The molecule has 0 aliphatic heterocycles. The van der Waals surface area contributed by atoms with Crippen molar-refractivity contribution >= 4 is 17.1 Å². The van der Waals surface area contributed by atoms with Crippen molar-refractivity contribution in [2.45, 2.75) is 6.18 Å². The van der Waals surface area contributed by atoms with Crippen molar-refractivity contribution in [2.24, 2.45) is 0 Å². The smallest absolute Gasteiger partial charge is 0.398 e. The largest absolute Gasteiger partial charge is 0.418 e. The maximum Gasteiger partial charge on any atom is 0.418 e. The van der Waals surface area contributed by atoms with E-state index in [4.69, 9.17) is 5.73 Å². The lowest BCUT2D eigenvalue weighted by Gasteiger charge is -2.13. The van der Waals surface area contributed by atoms with Crippen molar-refractivity contribution in [2.75, 3.05) is 11.1 Å². The van der Waals surface area contributed by atoms with Crippen molar-refractivity contribution < 1.29 is 22.0 Å². The Morgan fingerprint density at radius 3 is 2.00 bits per heavy atom. The van der Waals surface area contributed by atoms with Crippen LogP contribution in [-0.4, -0.2) is 0 Å². The molecular formula is C13H9F5N2. The summed E-state index contributed by atoms with van der Waals surface area (Å²) >= 11 is 0. The van der Waals surface area contributed by atoms with Crippen LogP contribution in [0.3, 0.4) is 0 Å². The molecule has 2 aromatic rings. The van der Waals surface area contributed by atoms with Crippen LogP contribution in [0.15, 0.2) is 36.4 Å². The minimum absolute atomic E-state index is 0.000367. The van der Waals surface area contributed by atoms with E-state index in [0.29, 0.717) is 6.07 Å². The van der Waals surface area contributed by atoms with E-state index in [9.17, 15) is 22.0 Å². The third-order valence-corrected chi connectivity index (χ3v) is 2.51. The molecule has 0 aliphatic carbocycles. The van der Waals surface area contributed by atoms with E-state index in [1.165, 1.54) is 6.07 Å². The average molecular weight is 288 g/mol. The number of nitrogen functional groups attached to an aromatic ring is 1. The normalized spacial score (nSPS) is 11.4. The number of nitrogens with two attached hydrogens (primary N) is 1. The van der Waals surface area contributed by atoms with Gasteiger partial charge in [-0.05, 0) is 30.3 Å². The highest BCUT2D eigenvalue weighted by atomic mass is 19.4. The highest BCUT2D eigenvalue weighted by Crippen LogP contribution is 2.35. The molecule has 20 heavy (non-hydrogen) atoms. The lowest BCUT2D eigenvalue weighted by atomic mass is 10.1. The second kappa shape index (κ2) is 4.99. The van der Waals surface area contributed by atoms with Gasteiger partial charge in [0.15, 0.2) is 0 Å². The van der Waals surface area contributed by atoms with E-state index >= 15 is 0 Å². The Hall–Kier alpha value is -2.31. The zero-order chi connectivity index (χ0) is 14.9. The van der Waals surface area contributed by atoms with E-state index < -0.39 is 29.1 Å². The van der Waals surface area contributed by atoms with Crippen molar-refractivity contribution in [1.82, 2.24) is 0 Å². The summed E-state index contributed by atoms with van der Waals surface area (Å²) in [4.78, 5) is 0. The zero-order valence-electron chi connectivity index (χ0n) is 9.93. The van der Waals surface area contributed by atoms with Gasteiger partial charge < -0.3 is 11.1 Å². The third-order valence-electron chi connectivity index (χ3n) is 2.51. The monoisotopic (exact) mass is 288 g/mol. The molecule has 7 heteroatoms. The minimum atomic E-state index is -4.60. The van der Waals surface area contributed by atoms with Crippen LogP contribution in [0.5, 0.6) is 0 Å². The summed E-state index contributed by atoms with van der Waals surface area (Å²) in [6.45, 7) is 0. The maximum absolute atomic E-state index is 13.0. The van der Waals surface area contributed by atoms with Crippen LogP contribution in [0.2, 0.25) is 0 Å². The molecule has 0 saturated heterocycles. The number of nitrogens with one attached hydrogen (secondary N) is 1. The first-order valence-electron chi connectivity index (χ1n) is 5.45. The Labute approximate surface area is 111 Å². The number of alkyl halides is 3. The van der Waals surface area contributed by atoms with Gasteiger partial charge in [-0.15, -0.1) is 0 Å². The van der Waals surface area contributed by atoms with Crippen molar-refractivity contribution in [1.29, 1.82) is 0 Å². The molecule has 0 saturated carbocycles. The van der Waals surface area contributed by atoms with Crippen LogP contribution in [0.25, 0.3) is 0 Å². The fourth-order valence-corrected chi connectivity index (χ4v) is 1.67. The third kappa shape index (κ3) is 3.17. The average Bonchev–Trinajstić information content (AvgIpc) is 2.29.